The Labute approximate surface area is 100 Å². The lowest BCUT2D eigenvalue weighted by Gasteiger charge is -2.13. The van der Waals surface area contributed by atoms with Crippen molar-refractivity contribution in [3.05, 3.63) is 23.8 Å². The number of amides is 1. The normalized spacial score (nSPS) is 23.6. The maximum Gasteiger partial charge on any atom is 0.255 e. The van der Waals surface area contributed by atoms with Gasteiger partial charge in [-0.3, -0.25) is 4.79 Å². The summed E-state index contributed by atoms with van der Waals surface area (Å²) >= 11 is 0. The Morgan fingerprint density at radius 1 is 1.35 bits per heavy atom. The molecule has 1 aromatic carbocycles. The lowest BCUT2D eigenvalue weighted by atomic mass is 10.1. The summed E-state index contributed by atoms with van der Waals surface area (Å²) in [5, 5.41) is 21.6. The number of phenols is 2. The van der Waals surface area contributed by atoms with E-state index in [2.05, 4.69) is 12.2 Å². The molecule has 1 fully saturated rings. The Kier molecular flexibility index (Phi) is 3.22. The fourth-order valence-electron chi connectivity index (χ4n) is 2.31. The number of aromatic hydroxyl groups is 2. The molecule has 92 valence electrons. The van der Waals surface area contributed by atoms with E-state index in [9.17, 15) is 9.90 Å². The van der Waals surface area contributed by atoms with Gasteiger partial charge in [0.25, 0.3) is 5.91 Å². The van der Waals surface area contributed by atoms with Gasteiger partial charge in [-0.2, -0.15) is 0 Å². The molecular weight excluding hydrogens is 218 g/mol. The number of rotatable bonds is 2. The molecule has 2 atom stereocenters. The van der Waals surface area contributed by atoms with E-state index in [1.54, 1.807) is 0 Å². The van der Waals surface area contributed by atoms with Crippen LogP contribution in [0.1, 0.15) is 36.5 Å². The molecule has 2 rings (SSSR count). The Hall–Kier alpha value is -1.71. The van der Waals surface area contributed by atoms with Crippen LogP contribution in [0.15, 0.2) is 18.2 Å². The summed E-state index contributed by atoms with van der Waals surface area (Å²) in [7, 11) is 0. The highest BCUT2D eigenvalue weighted by Gasteiger charge is 2.23. The van der Waals surface area contributed by atoms with Crippen LogP contribution in [0.25, 0.3) is 0 Å². The van der Waals surface area contributed by atoms with Crippen LogP contribution in [0.2, 0.25) is 0 Å². The molecule has 2 unspecified atom stereocenters. The fraction of sp³-hybridized carbons (Fsp3) is 0.462. The van der Waals surface area contributed by atoms with Crippen molar-refractivity contribution in [3.8, 4) is 11.5 Å². The van der Waals surface area contributed by atoms with E-state index in [4.69, 9.17) is 5.11 Å². The Morgan fingerprint density at radius 3 is 2.71 bits per heavy atom. The molecule has 4 nitrogen and oxygen atoms in total. The highest BCUT2D eigenvalue weighted by Crippen LogP contribution is 2.26. The molecular formula is C13H17NO3. The van der Waals surface area contributed by atoms with Crippen LogP contribution in [0.3, 0.4) is 0 Å². The standard InChI is InChI=1S/C13H17NO3/c1-8-2-3-9(6-8)14-13(17)11-5-4-10(15)7-12(11)16/h4-5,7-9,15-16H,2-3,6H2,1H3,(H,14,17). The van der Waals surface area contributed by atoms with E-state index in [1.165, 1.54) is 18.2 Å². The van der Waals surface area contributed by atoms with E-state index < -0.39 is 0 Å². The number of carbonyl (C=O) groups is 1. The van der Waals surface area contributed by atoms with Gasteiger partial charge in [-0.1, -0.05) is 6.92 Å². The van der Waals surface area contributed by atoms with Gasteiger partial charge in [-0.05, 0) is 37.3 Å². The smallest absolute Gasteiger partial charge is 0.255 e. The number of phenolic OH excluding ortho intramolecular Hbond substituents is 2. The minimum absolute atomic E-state index is 0.0476. The van der Waals surface area contributed by atoms with Crippen molar-refractivity contribution in [2.75, 3.05) is 0 Å². The van der Waals surface area contributed by atoms with Crippen LogP contribution in [0.4, 0.5) is 0 Å². The number of carbonyl (C=O) groups excluding carboxylic acids is 1. The van der Waals surface area contributed by atoms with Gasteiger partial charge in [0.1, 0.15) is 11.5 Å². The van der Waals surface area contributed by atoms with Gasteiger partial charge in [-0.15, -0.1) is 0 Å². The number of benzene rings is 1. The van der Waals surface area contributed by atoms with Crippen molar-refractivity contribution in [1.82, 2.24) is 5.32 Å². The molecule has 0 bridgehead atoms. The summed E-state index contributed by atoms with van der Waals surface area (Å²) in [6, 6.07) is 4.20. The predicted molar refractivity (Wildman–Crippen MR) is 64.0 cm³/mol. The molecule has 3 N–H and O–H groups in total. The zero-order valence-electron chi connectivity index (χ0n) is 9.81. The zero-order valence-corrected chi connectivity index (χ0v) is 9.81. The van der Waals surface area contributed by atoms with Gasteiger partial charge >= 0.3 is 0 Å². The van der Waals surface area contributed by atoms with E-state index in [0.717, 1.165) is 19.3 Å². The summed E-state index contributed by atoms with van der Waals surface area (Å²) in [4.78, 5) is 11.9. The Bertz CT molecular complexity index is 431. The van der Waals surface area contributed by atoms with E-state index >= 15 is 0 Å². The lowest BCUT2D eigenvalue weighted by Crippen LogP contribution is -2.32. The molecule has 0 heterocycles. The average molecular weight is 235 g/mol. The van der Waals surface area contributed by atoms with Crippen LogP contribution in [0, 0.1) is 5.92 Å². The van der Waals surface area contributed by atoms with Crippen molar-refractivity contribution in [2.24, 2.45) is 5.92 Å². The first kappa shape index (κ1) is 11.8. The van der Waals surface area contributed by atoms with Crippen molar-refractivity contribution >= 4 is 5.91 Å². The maximum atomic E-state index is 11.9. The monoisotopic (exact) mass is 235 g/mol. The second kappa shape index (κ2) is 4.65. The average Bonchev–Trinajstić information content (AvgIpc) is 2.63. The predicted octanol–water partition coefficient (Wildman–Crippen LogP) is 2.02. The van der Waals surface area contributed by atoms with Crippen LogP contribution in [-0.4, -0.2) is 22.2 Å². The maximum absolute atomic E-state index is 11.9. The van der Waals surface area contributed by atoms with E-state index in [1.807, 2.05) is 0 Å². The highest BCUT2D eigenvalue weighted by atomic mass is 16.3. The largest absolute Gasteiger partial charge is 0.508 e. The Balaban J connectivity index is 2.04. The molecule has 1 saturated carbocycles. The SMILES string of the molecule is CC1CCC(NC(=O)c2ccc(O)cc2O)C1. The van der Waals surface area contributed by atoms with Crippen LogP contribution < -0.4 is 5.32 Å². The second-order valence-electron chi connectivity index (χ2n) is 4.79. The highest BCUT2D eigenvalue weighted by molar-refractivity contribution is 5.97. The summed E-state index contributed by atoms with van der Waals surface area (Å²) in [5.41, 5.74) is 0.211. The molecule has 17 heavy (non-hydrogen) atoms. The zero-order chi connectivity index (χ0) is 12.4. The van der Waals surface area contributed by atoms with Gasteiger partial charge in [-0.25, -0.2) is 0 Å². The minimum Gasteiger partial charge on any atom is -0.508 e. The summed E-state index contributed by atoms with van der Waals surface area (Å²) in [6.45, 7) is 2.17. The molecule has 0 aliphatic heterocycles. The molecule has 0 saturated heterocycles. The molecule has 1 aliphatic rings. The van der Waals surface area contributed by atoms with Crippen molar-refractivity contribution in [1.29, 1.82) is 0 Å². The number of hydrogen-bond acceptors (Lipinski definition) is 3. The minimum atomic E-state index is -0.276. The molecule has 1 aromatic rings. The van der Waals surface area contributed by atoms with Crippen LogP contribution in [-0.2, 0) is 0 Å². The topological polar surface area (TPSA) is 69.6 Å². The summed E-state index contributed by atoms with van der Waals surface area (Å²) in [5.74, 6) is 0.136. The Morgan fingerprint density at radius 2 is 2.12 bits per heavy atom. The van der Waals surface area contributed by atoms with Gasteiger partial charge in [0.2, 0.25) is 0 Å². The third-order valence-corrected chi connectivity index (χ3v) is 3.26. The molecule has 0 radical (unpaired) electrons. The van der Waals surface area contributed by atoms with Crippen molar-refractivity contribution in [2.45, 2.75) is 32.2 Å². The van der Waals surface area contributed by atoms with Crippen LogP contribution in [0.5, 0.6) is 11.5 Å². The van der Waals surface area contributed by atoms with E-state index in [0.29, 0.717) is 5.92 Å². The quantitative estimate of drug-likeness (QED) is 0.734. The van der Waals surface area contributed by atoms with Gasteiger partial charge in [0, 0.05) is 12.1 Å². The number of hydrogen-bond donors (Lipinski definition) is 3. The summed E-state index contributed by atoms with van der Waals surface area (Å²) in [6.07, 6.45) is 3.11. The number of nitrogens with one attached hydrogen (secondary N) is 1. The van der Waals surface area contributed by atoms with Gasteiger partial charge in [0.15, 0.2) is 0 Å². The van der Waals surface area contributed by atoms with E-state index in [-0.39, 0.29) is 29.0 Å². The van der Waals surface area contributed by atoms with Gasteiger partial charge in [0.05, 0.1) is 5.56 Å². The second-order valence-corrected chi connectivity index (χ2v) is 4.79. The third-order valence-electron chi connectivity index (χ3n) is 3.26. The third kappa shape index (κ3) is 2.70. The van der Waals surface area contributed by atoms with Crippen molar-refractivity contribution < 1.29 is 15.0 Å². The molecule has 0 spiro atoms. The van der Waals surface area contributed by atoms with Crippen molar-refractivity contribution in [3.63, 3.8) is 0 Å². The molecule has 1 amide bonds. The summed E-state index contributed by atoms with van der Waals surface area (Å²) < 4.78 is 0. The first-order valence-corrected chi connectivity index (χ1v) is 5.89. The first-order chi connectivity index (χ1) is 8.06. The molecule has 4 heteroatoms. The molecule has 0 aromatic heterocycles. The van der Waals surface area contributed by atoms with Gasteiger partial charge < -0.3 is 15.5 Å². The molecule has 1 aliphatic carbocycles. The first-order valence-electron chi connectivity index (χ1n) is 5.89. The lowest BCUT2D eigenvalue weighted by molar-refractivity contribution is 0.0934. The fourth-order valence-corrected chi connectivity index (χ4v) is 2.31. The van der Waals surface area contributed by atoms with Crippen LogP contribution >= 0.6 is 0 Å².